The van der Waals surface area contributed by atoms with Gasteiger partial charge < -0.3 is 0 Å². The van der Waals surface area contributed by atoms with Crippen LogP contribution < -0.4 is 0 Å². The predicted molar refractivity (Wildman–Crippen MR) is 58.5 cm³/mol. The molecule has 1 nitrogen and oxygen atoms in total. The van der Waals surface area contributed by atoms with E-state index in [9.17, 15) is 9.18 Å². The van der Waals surface area contributed by atoms with Crippen LogP contribution in [0.5, 0.6) is 0 Å². The number of hydrogen-bond acceptors (Lipinski definition) is 1. The highest BCUT2D eigenvalue weighted by Gasteiger charge is 2.09. The summed E-state index contributed by atoms with van der Waals surface area (Å²) in [4.78, 5) is 11.6. The fourth-order valence-electron chi connectivity index (χ4n) is 1.70. The Hall–Kier alpha value is -1.70. The van der Waals surface area contributed by atoms with Crippen LogP contribution in [0.3, 0.4) is 0 Å². The number of carbonyl (C=O) groups excluding carboxylic acids is 1. The third-order valence-electron chi connectivity index (χ3n) is 2.49. The van der Waals surface area contributed by atoms with Gasteiger partial charge in [0.1, 0.15) is 5.82 Å². The molecule has 0 saturated carbocycles. The summed E-state index contributed by atoms with van der Waals surface area (Å²) in [7, 11) is 0. The summed E-state index contributed by atoms with van der Waals surface area (Å²) in [5.74, 6) is -0.232. The Bertz CT molecular complexity index is 517. The summed E-state index contributed by atoms with van der Waals surface area (Å²) >= 11 is 0. The van der Waals surface area contributed by atoms with Gasteiger partial charge in [-0.2, -0.15) is 0 Å². The van der Waals surface area contributed by atoms with Crippen molar-refractivity contribution in [1.29, 1.82) is 0 Å². The molecule has 0 bridgehead atoms. The molecule has 0 N–H and O–H groups in total. The second kappa shape index (κ2) is 3.81. The molecule has 0 aliphatic rings. The van der Waals surface area contributed by atoms with Crippen LogP contribution >= 0.6 is 0 Å². The molecule has 0 aliphatic heterocycles. The van der Waals surface area contributed by atoms with Gasteiger partial charge in [-0.25, -0.2) is 4.39 Å². The summed E-state index contributed by atoms with van der Waals surface area (Å²) in [5.41, 5.74) is 0.606. The lowest BCUT2D eigenvalue weighted by Gasteiger charge is -2.04. The standard InChI is InChI=1S/C13H11FO/c1-2-13(15)11-7-8-12(14)10-6-4-3-5-9(10)11/h3-8H,2H2,1H3. The first kappa shape index (κ1) is 9.84. The second-order valence-electron chi connectivity index (χ2n) is 3.42. The number of hydrogen-bond donors (Lipinski definition) is 0. The molecule has 0 radical (unpaired) electrons. The maximum absolute atomic E-state index is 13.4. The molecule has 0 amide bonds. The molecule has 2 rings (SSSR count). The normalized spacial score (nSPS) is 10.5. The second-order valence-corrected chi connectivity index (χ2v) is 3.42. The highest BCUT2D eigenvalue weighted by Crippen LogP contribution is 2.22. The van der Waals surface area contributed by atoms with Crippen molar-refractivity contribution in [3.8, 4) is 0 Å². The van der Waals surface area contributed by atoms with Crippen LogP contribution in [0.2, 0.25) is 0 Å². The van der Waals surface area contributed by atoms with Crippen LogP contribution in [0.25, 0.3) is 10.8 Å². The average molecular weight is 202 g/mol. The maximum atomic E-state index is 13.4. The number of ketones is 1. The number of rotatable bonds is 2. The van der Waals surface area contributed by atoms with Crippen molar-refractivity contribution in [3.63, 3.8) is 0 Å². The van der Waals surface area contributed by atoms with E-state index in [1.54, 1.807) is 31.2 Å². The minimum Gasteiger partial charge on any atom is -0.294 e. The molecular weight excluding hydrogens is 191 g/mol. The summed E-state index contributed by atoms with van der Waals surface area (Å²) < 4.78 is 13.4. The van der Waals surface area contributed by atoms with Crippen molar-refractivity contribution in [2.24, 2.45) is 0 Å². The Morgan fingerprint density at radius 1 is 1.13 bits per heavy atom. The maximum Gasteiger partial charge on any atom is 0.163 e. The molecule has 15 heavy (non-hydrogen) atoms. The zero-order chi connectivity index (χ0) is 10.8. The molecule has 2 heteroatoms. The van der Waals surface area contributed by atoms with E-state index in [4.69, 9.17) is 0 Å². The van der Waals surface area contributed by atoms with E-state index in [2.05, 4.69) is 0 Å². The first-order valence-electron chi connectivity index (χ1n) is 4.94. The van der Waals surface area contributed by atoms with Gasteiger partial charge in [0.25, 0.3) is 0 Å². The minimum absolute atomic E-state index is 0.0474. The highest BCUT2D eigenvalue weighted by molar-refractivity contribution is 6.08. The predicted octanol–water partition coefficient (Wildman–Crippen LogP) is 3.57. The van der Waals surface area contributed by atoms with E-state index in [-0.39, 0.29) is 11.6 Å². The monoisotopic (exact) mass is 202 g/mol. The number of halogens is 1. The Labute approximate surface area is 87.5 Å². The van der Waals surface area contributed by atoms with Crippen molar-refractivity contribution in [1.82, 2.24) is 0 Å². The topological polar surface area (TPSA) is 17.1 Å². The summed E-state index contributed by atoms with van der Waals surface area (Å²) in [6, 6.07) is 9.97. The molecule has 2 aromatic carbocycles. The third kappa shape index (κ3) is 1.63. The number of Topliss-reactive ketones (excluding diaryl/α,β-unsaturated/α-hetero) is 1. The van der Waals surface area contributed by atoms with Gasteiger partial charge in [0.05, 0.1) is 0 Å². The molecule has 0 spiro atoms. The third-order valence-corrected chi connectivity index (χ3v) is 2.49. The summed E-state index contributed by atoms with van der Waals surface area (Å²) in [6.07, 6.45) is 0.440. The van der Waals surface area contributed by atoms with E-state index in [1.807, 2.05) is 6.07 Å². The van der Waals surface area contributed by atoms with Gasteiger partial charge in [-0.05, 0) is 17.5 Å². The number of benzene rings is 2. The van der Waals surface area contributed by atoms with Crippen LogP contribution in [0.1, 0.15) is 23.7 Å². The molecule has 0 aliphatic carbocycles. The van der Waals surface area contributed by atoms with E-state index >= 15 is 0 Å². The molecule has 0 heterocycles. The fraction of sp³-hybridized carbons (Fsp3) is 0.154. The molecule has 0 fully saturated rings. The molecule has 0 aromatic heterocycles. The lowest BCUT2D eigenvalue weighted by molar-refractivity contribution is 0.0989. The SMILES string of the molecule is CCC(=O)c1ccc(F)c2ccccc12. The Morgan fingerprint density at radius 3 is 2.47 bits per heavy atom. The molecular formula is C13H11FO. The van der Waals surface area contributed by atoms with Crippen molar-refractivity contribution >= 4 is 16.6 Å². The molecule has 2 aromatic rings. The van der Waals surface area contributed by atoms with Crippen molar-refractivity contribution in [2.45, 2.75) is 13.3 Å². The Morgan fingerprint density at radius 2 is 1.80 bits per heavy atom. The van der Waals surface area contributed by atoms with Crippen molar-refractivity contribution in [3.05, 3.63) is 47.8 Å². The van der Waals surface area contributed by atoms with E-state index in [0.29, 0.717) is 22.8 Å². The van der Waals surface area contributed by atoms with Crippen LogP contribution in [0.15, 0.2) is 36.4 Å². The zero-order valence-corrected chi connectivity index (χ0v) is 8.46. The van der Waals surface area contributed by atoms with Crippen LogP contribution in [-0.4, -0.2) is 5.78 Å². The van der Waals surface area contributed by atoms with Crippen LogP contribution in [0.4, 0.5) is 4.39 Å². The van der Waals surface area contributed by atoms with Crippen molar-refractivity contribution < 1.29 is 9.18 Å². The van der Waals surface area contributed by atoms with E-state index in [0.717, 1.165) is 0 Å². The smallest absolute Gasteiger partial charge is 0.163 e. The molecule has 0 atom stereocenters. The lowest BCUT2D eigenvalue weighted by Crippen LogP contribution is -1.98. The largest absolute Gasteiger partial charge is 0.294 e. The summed E-state index contributed by atoms with van der Waals surface area (Å²) in [6.45, 7) is 1.81. The lowest BCUT2D eigenvalue weighted by atomic mass is 10.00. The van der Waals surface area contributed by atoms with Gasteiger partial charge in [0.15, 0.2) is 5.78 Å². The average Bonchev–Trinajstić information content (AvgIpc) is 2.29. The van der Waals surface area contributed by atoms with E-state index in [1.165, 1.54) is 6.07 Å². The first-order valence-corrected chi connectivity index (χ1v) is 4.94. The quantitative estimate of drug-likeness (QED) is 0.680. The van der Waals surface area contributed by atoms with Crippen LogP contribution in [-0.2, 0) is 0 Å². The van der Waals surface area contributed by atoms with Gasteiger partial charge >= 0.3 is 0 Å². The molecule has 76 valence electrons. The van der Waals surface area contributed by atoms with Gasteiger partial charge in [0, 0.05) is 17.4 Å². The fourth-order valence-corrected chi connectivity index (χ4v) is 1.70. The number of carbonyl (C=O) groups is 1. The van der Waals surface area contributed by atoms with Gasteiger partial charge in [-0.1, -0.05) is 31.2 Å². The first-order chi connectivity index (χ1) is 7.24. The summed E-state index contributed by atoms with van der Waals surface area (Å²) in [5, 5.41) is 1.21. The van der Waals surface area contributed by atoms with E-state index < -0.39 is 0 Å². The van der Waals surface area contributed by atoms with Gasteiger partial charge in [-0.3, -0.25) is 4.79 Å². The Kier molecular flexibility index (Phi) is 2.50. The zero-order valence-electron chi connectivity index (χ0n) is 8.46. The number of fused-ring (bicyclic) bond motifs is 1. The Balaban J connectivity index is 2.77. The minimum atomic E-state index is -0.279. The van der Waals surface area contributed by atoms with Crippen LogP contribution in [0, 0.1) is 5.82 Å². The highest BCUT2D eigenvalue weighted by atomic mass is 19.1. The van der Waals surface area contributed by atoms with Gasteiger partial charge in [-0.15, -0.1) is 0 Å². The molecule has 0 unspecified atom stereocenters. The van der Waals surface area contributed by atoms with Gasteiger partial charge in [0.2, 0.25) is 0 Å². The molecule has 0 saturated heterocycles. The van der Waals surface area contributed by atoms with Crippen molar-refractivity contribution in [2.75, 3.05) is 0 Å².